The predicted octanol–water partition coefficient (Wildman–Crippen LogP) is 2.18. The highest BCUT2D eigenvalue weighted by atomic mass is 19.1. The molecule has 23 heavy (non-hydrogen) atoms. The molecule has 1 aromatic carbocycles. The molecule has 3 rings (SSSR count). The molecule has 6 nitrogen and oxygen atoms in total. The van der Waals surface area contributed by atoms with Crippen LogP contribution in [0.5, 0.6) is 0 Å². The molecule has 2 amide bonds. The van der Waals surface area contributed by atoms with Crippen LogP contribution in [0.2, 0.25) is 0 Å². The molecule has 2 aromatic rings. The van der Waals surface area contributed by atoms with Gasteiger partial charge in [-0.15, -0.1) is 0 Å². The topological polar surface area (TPSA) is 90.0 Å². The van der Waals surface area contributed by atoms with Crippen molar-refractivity contribution < 1.29 is 14.0 Å². The molecule has 1 aliphatic carbocycles. The second kappa shape index (κ2) is 5.83. The predicted molar refractivity (Wildman–Crippen MR) is 82.7 cm³/mol. The van der Waals surface area contributed by atoms with Crippen LogP contribution in [0.25, 0.3) is 0 Å². The summed E-state index contributed by atoms with van der Waals surface area (Å²) in [4.78, 5) is 23.7. The number of aromatic nitrogens is 2. The third kappa shape index (κ3) is 2.81. The summed E-state index contributed by atoms with van der Waals surface area (Å²) in [6.07, 6.45) is 4.97. The maximum atomic E-state index is 13.5. The molecule has 1 aliphatic rings. The van der Waals surface area contributed by atoms with Crippen LogP contribution in [0.15, 0.2) is 24.4 Å². The number of hydrogen-bond donors (Lipinski definition) is 2. The number of rotatable bonds is 4. The number of nitrogens with two attached hydrogens (primary N) is 1. The van der Waals surface area contributed by atoms with Crippen LogP contribution >= 0.6 is 0 Å². The lowest BCUT2D eigenvalue weighted by Gasteiger charge is -2.25. The van der Waals surface area contributed by atoms with Gasteiger partial charge in [0.25, 0.3) is 11.8 Å². The van der Waals surface area contributed by atoms with Gasteiger partial charge in [0.2, 0.25) is 0 Å². The SMILES string of the molecule is Cn1ncc(C2CCC2)c1C(=O)Nc1ccc(F)c(C(N)=O)c1. The van der Waals surface area contributed by atoms with E-state index in [1.807, 2.05) is 0 Å². The molecule has 0 radical (unpaired) electrons. The van der Waals surface area contributed by atoms with Gasteiger partial charge < -0.3 is 11.1 Å². The minimum absolute atomic E-state index is 0.257. The number of amides is 2. The smallest absolute Gasteiger partial charge is 0.274 e. The molecule has 0 spiro atoms. The molecule has 0 saturated heterocycles. The highest BCUT2D eigenvalue weighted by Crippen LogP contribution is 2.37. The molecule has 1 fully saturated rings. The van der Waals surface area contributed by atoms with Crippen LogP contribution in [-0.4, -0.2) is 21.6 Å². The Hall–Kier alpha value is -2.70. The van der Waals surface area contributed by atoms with E-state index in [0.717, 1.165) is 30.9 Å². The highest BCUT2D eigenvalue weighted by Gasteiger charge is 2.27. The summed E-state index contributed by atoms with van der Waals surface area (Å²) in [7, 11) is 1.70. The lowest BCUT2D eigenvalue weighted by atomic mass is 9.80. The van der Waals surface area contributed by atoms with E-state index >= 15 is 0 Å². The fourth-order valence-corrected chi connectivity index (χ4v) is 2.73. The largest absolute Gasteiger partial charge is 0.366 e. The Balaban J connectivity index is 1.86. The molecule has 1 aromatic heterocycles. The molecule has 0 aliphatic heterocycles. The van der Waals surface area contributed by atoms with Crippen molar-refractivity contribution in [1.82, 2.24) is 9.78 Å². The number of nitrogens with one attached hydrogen (secondary N) is 1. The van der Waals surface area contributed by atoms with Gasteiger partial charge in [0.15, 0.2) is 0 Å². The Morgan fingerprint density at radius 1 is 1.39 bits per heavy atom. The van der Waals surface area contributed by atoms with Gasteiger partial charge in [-0.2, -0.15) is 5.10 Å². The standard InChI is InChI=1S/C16H17FN4O2/c1-21-14(12(8-19-21)9-3-2-4-9)16(23)20-10-5-6-13(17)11(7-10)15(18)22/h5-9H,2-4H2,1H3,(H2,18,22)(H,20,23). The number of hydrogen-bond acceptors (Lipinski definition) is 3. The zero-order valence-electron chi connectivity index (χ0n) is 12.7. The number of anilines is 1. The minimum Gasteiger partial charge on any atom is -0.366 e. The Morgan fingerprint density at radius 3 is 2.74 bits per heavy atom. The fraction of sp³-hybridized carbons (Fsp3) is 0.312. The monoisotopic (exact) mass is 316 g/mol. The zero-order valence-corrected chi connectivity index (χ0v) is 12.7. The Labute approximate surface area is 132 Å². The summed E-state index contributed by atoms with van der Waals surface area (Å²) in [6.45, 7) is 0. The van der Waals surface area contributed by atoms with Crippen molar-refractivity contribution in [2.75, 3.05) is 5.32 Å². The van der Waals surface area contributed by atoms with E-state index in [4.69, 9.17) is 5.73 Å². The Morgan fingerprint density at radius 2 is 2.13 bits per heavy atom. The number of carbonyl (C=O) groups excluding carboxylic acids is 2. The Kier molecular flexibility index (Phi) is 3.85. The number of aryl methyl sites for hydroxylation is 1. The van der Waals surface area contributed by atoms with E-state index in [9.17, 15) is 14.0 Å². The van der Waals surface area contributed by atoms with Crippen LogP contribution in [-0.2, 0) is 7.05 Å². The molecule has 7 heteroatoms. The third-order valence-electron chi connectivity index (χ3n) is 4.22. The average Bonchev–Trinajstić information content (AvgIpc) is 2.80. The van der Waals surface area contributed by atoms with Crippen LogP contribution < -0.4 is 11.1 Å². The second-order valence-corrected chi connectivity index (χ2v) is 5.71. The zero-order chi connectivity index (χ0) is 16.6. The van der Waals surface area contributed by atoms with Gasteiger partial charge in [0.05, 0.1) is 11.8 Å². The number of nitrogens with zero attached hydrogens (tertiary/aromatic N) is 2. The van der Waals surface area contributed by atoms with Gasteiger partial charge >= 0.3 is 0 Å². The van der Waals surface area contributed by atoms with Crippen molar-refractivity contribution in [3.8, 4) is 0 Å². The molecule has 1 saturated carbocycles. The van der Waals surface area contributed by atoms with Crippen molar-refractivity contribution in [2.24, 2.45) is 12.8 Å². The summed E-state index contributed by atoms with van der Waals surface area (Å²) in [5.41, 5.74) is 6.58. The average molecular weight is 316 g/mol. The quantitative estimate of drug-likeness (QED) is 0.906. The van der Waals surface area contributed by atoms with Crippen molar-refractivity contribution >= 4 is 17.5 Å². The van der Waals surface area contributed by atoms with E-state index in [2.05, 4.69) is 10.4 Å². The minimum atomic E-state index is -0.880. The van der Waals surface area contributed by atoms with Crippen LogP contribution in [0, 0.1) is 5.82 Å². The summed E-state index contributed by atoms with van der Waals surface area (Å²) in [5, 5.41) is 6.84. The van der Waals surface area contributed by atoms with Crippen molar-refractivity contribution in [3.05, 3.63) is 47.0 Å². The molecule has 0 bridgehead atoms. The molecular formula is C16H17FN4O2. The van der Waals surface area contributed by atoms with E-state index in [0.29, 0.717) is 17.3 Å². The van der Waals surface area contributed by atoms with Gasteiger partial charge in [-0.25, -0.2) is 4.39 Å². The van der Waals surface area contributed by atoms with Crippen molar-refractivity contribution in [2.45, 2.75) is 25.2 Å². The molecule has 120 valence electrons. The number of carbonyl (C=O) groups is 2. The van der Waals surface area contributed by atoms with Crippen molar-refractivity contribution in [3.63, 3.8) is 0 Å². The first-order valence-electron chi connectivity index (χ1n) is 7.40. The molecule has 0 unspecified atom stereocenters. The fourth-order valence-electron chi connectivity index (χ4n) is 2.73. The van der Waals surface area contributed by atoms with Gasteiger partial charge in [0.1, 0.15) is 11.5 Å². The molecule has 0 atom stereocenters. The first kappa shape index (κ1) is 15.2. The number of benzene rings is 1. The van der Waals surface area contributed by atoms with Gasteiger partial charge in [-0.05, 0) is 37.0 Å². The van der Waals surface area contributed by atoms with Crippen molar-refractivity contribution in [1.29, 1.82) is 0 Å². The second-order valence-electron chi connectivity index (χ2n) is 5.71. The molecular weight excluding hydrogens is 299 g/mol. The summed E-state index contributed by atoms with van der Waals surface area (Å²) in [6, 6.07) is 3.72. The van der Waals surface area contributed by atoms with Gasteiger partial charge in [-0.3, -0.25) is 14.3 Å². The van der Waals surface area contributed by atoms with Gasteiger partial charge in [-0.1, -0.05) is 6.42 Å². The van der Waals surface area contributed by atoms with Gasteiger partial charge in [0, 0.05) is 18.3 Å². The summed E-state index contributed by atoms with van der Waals surface area (Å²) < 4.78 is 15.0. The highest BCUT2D eigenvalue weighted by molar-refractivity contribution is 6.05. The third-order valence-corrected chi connectivity index (χ3v) is 4.22. The lowest BCUT2D eigenvalue weighted by molar-refractivity contribution is 0.0991. The van der Waals surface area contributed by atoms with E-state index in [-0.39, 0.29) is 11.5 Å². The maximum Gasteiger partial charge on any atom is 0.274 e. The van der Waals surface area contributed by atoms with E-state index in [1.165, 1.54) is 16.8 Å². The first-order chi connectivity index (χ1) is 11.0. The molecule has 1 heterocycles. The van der Waals surface area contributed by atoms with E-state index < -0.39 is 11.7 Å². The summed E-state index contributed by atoms with van der Waals surface area (Å²) in [5.74, 6) is -1.58. The normalized spacial score (nSPS) is 14.3. The summed E-state index contributed by atoms with van der Waals surface area (Å²) >= 11 is 0. The lowest BCUT2D eigenvalue weighted by Crippen LogP contribution is -2.21. The van der Waals surface area contributed by atoms with Crippen LogP contribution in [0.4, 0.5) is 10.1 Å². The van der Waals surface area contributed by atoms with Crippen LogP contribution in [0.3, 0.4) is 0 Å². The first-order valence-corrected chi connectivity index (χ1v) is 7.40. The number of halogens is 1. The number of primary amides is 1. The maximum absolute atomic E-state index is 13.5. The molecule has 3 N–H and O–H groups in total. The Bertz CT molecular complexity index is 780. The van der Waals surface area contributed by atoms with Crippen LogP contribution in [0.1, 0.15) is 51.6 Å². The van der Waals surface area contributed by atoms with E-state index in [1.54, 1.807) is 13.2 Å².